The number of primary amides is 1. The number of piperidine rings is 1. The molecule has 15 atom stereocenters. The minimum atomic E-state index is -1.70. The number of aliphatic hydroxyl groups is 1. The molecule has 0 spiro atoms. The van der Waals surface area contributed by atoms with Crippen LogP contribution in [0.5, 0.6) is 5.75 Å². The lowest BCUT2D eigenvalue weighted by Gasteiger charge is -2.38. The number of hydrogen-bond acceptors (Lipinski definition) is 21. The number of aliphatic carboxylic acids is 1. The number of carboxylic acid groups (broad SMARTS) is 1. The first-order valence-corrected chi connectivity index (χ1v) is 45.6. The van der Waals surface area contributed by atoms with Gasteiger partial charge in [0.2, 0.25) is 82.7 Å². The summed E-state index contributed by atoms with van der Waals surface area (Å²) in [5, 5.41) is 55.2. The Hall–Kier alpha value is -11.9. The van der Waals surface area contributed by atoms with Gasteiger partial charge in [0, 0.05) is 113 Å². The lowest BCUT2D eigenvalue weighted by atomic mass is 9.90. The number of aromatic hydroxyl groups is 1. The number of ketones is 1. The molecule has 710 valence electrons. The van der Waals surface area contributed by atoms with Crippen molar-refractivity contribution < 1.29 is 92.0 Å². The number of nitrogens with zero attached hydrogens (tertiary/aromatic N) is 6. The number of carbonyl (C=O) groups is 16. The number of amides is 14. The van der Waals surface area contributed by atoms with E-state index in [2.05, 4.69) is 47.5 Å². The van der Waals surface area contributed by atoms with E-state index in [4.69, 9.17) is 22.9 Å². The molecule has 3 aromatic carbocycles. The van der Waals surface area contributed by atoms with Crippen molar-refractivity contribution in [3.8, 4) is 5.75 Å². The highest BCUT2D eigenvalue weighted by Gasteiger charge is 2.47. The van der Waals surface area contributed by atoms with Crippen molar-refractivity contribution in [3.05, 3.63) is 102 Å². The molecule has 130 heavy (non-hydrogen) atoms. The van der Waals surface area contributed by atoms with Crippen molar-refractivity contribution >= 4 is 116 Å². The number of aliphatic hydroxyl groups excluding tert-OH is 1. The minimum absolute atomic E-state index is 0.00487. The summed E-state index contributed by atoms with van der Waals surface area (Å²) in [6.07, 6.45) is 2.73. The SMILES string of the molecule is CCCC[C@H]1C(=O)N(C)[C@@H](CCCC)C(=O)N[C@@H](CC(C)C)C(=O)NCCC[C@H](N)C(=O)N[C@@H](Cc2ccc(O)cc2)C(=O)N2CCCC[C@H]2C(=O)N[C@@H](CC(N)=O)C(=O)N2CCC[C@H]2C(=O)N[C@@H](CN)C(=O)N[C@@H](CC(C)C)C(=O)N2C[C@H](O)C[C@H]2C(=O)C[C@@H](Cc2c[nH]c3ccccc23)C(=O)N[C@@H](CCN)C(=O)N[C@@H](Cc2cn(CC(=O)O)c3ccccc23)C(=O)N1C. The molecule has 38 heteroatoms. The fourth-order valence-corrected chi connectivity index (χ4v) is 17.9. The lowest BCUT2D eigenvalue weighted by molar-refractivity contribution is -0.149. The smallest absolute Gasteiger partial charge is 0.323 e. The van der Waals surface area contributed by atoms with E-state index in [1.165, 1.54) is 57.6 Å². The number of para-hydroxylation sites is 2. The van der Waals surface area contributed by atoms with Crippen LogP contribution in [0.3, 0.4) is 0 Å². The molecule has 20 N–H and O–H groups in total. The van der Waals surface area contributed by atoms with Crippen LogP contribution in [0.15, 0.2) is 85.2 Å². The predicted molar refractivity (Wildman–Crippen MR) is 482 cm³/mol. The molecule has 0 aliphatic carbocycles. The summed E-state index contributed by atoms with van der Waals surface area (Å²) in [5.74, 6) is -15.3. The second-order valence-corrected chi connectivity index (χ2v) is 35.8. The lowest BCUT2D eigenvalue weighted by Crippen LogP contribution is -2.62. The van der Waals surface area contributed by atoms with E-state index >= 15 is 38.4 Å². The zero-order valence-corrected chi connectivity index (χ0v) is 75.8. The molecule has 4 aliphatic heterocycles. The van der Waals surface area contributed by atoms with Crippen molar-refractivity contribution in [3.63, 3.8) is 0 Å². The monoisotopic (exact) mass is 1810 g/mol. The number of nitrogens with two attached hydrogens (primary N) is 4. The number of Topliss-reactive ketones (excluding diaryl/α,β-unsaturated/α-hetero) is 1. The van der Waals surface area contributed by atoms with Crippen LogP contribution < -0.4 is 65.5 Å². The van der Waals surface area contributed by atoms with Gasteiger partial charge in [0.15, 0.2) is 5.78 Å². The van der Waals surface area contributed by atoms with Gasteiger partial charge in [0.1, 0.15) is 78.8 Å². The zero-order valence-electron chi connectivity index (χ0n) is 75.8. The zero-order chi connectivity index (χ0) is 94.9. The first-order valence-electron chi connectivity index (χ1n) is 45.6. The molecular formula is C92H133N19O19. The fraction of sp³-hybridized carbons (Fsp3) is 0.587. The number of rotatable bonds is 23. The quantitative estimate of drug-likeness (QED) is 0.0430. The molecule has 14 amide bonds. The number of nitrogens with one attached hydrogen (secondary N) is 9. The van der Waals surface area contributed by atoms with Gasteiger partial charge >= 0.3 is 5.97 Å². The number of phenols is 1. The van der Waals surface area contributed by atoms with Crippen molar-refractivity contribution in [2.24, 2.45) is 40.7 Å². The molecule has 9 rings (SSSR count). The van der Waals surface area contributed by atoms with E-state index in [1.807, 2.05) is 27.7 Å². The maximum absolute atomic E-state index is 15.9. The summed E-state index contributed by atoms with van der Waals surface area (Å²) in [5.41, 5.74) is 27.5. The van der Waals surface area contributed by atoms with E-state index in [1.54, 1.807) is 74.8 Å². The average Bonchev–Trinajstić information content (AvgIpc) is 1.64. The number of H-pyrrole nitrogens is 1. The molecule has 2 aromatic heterocycles. The Morgan fingerprint density at radius 3 is 1.72 bits per heavy atom. The van der Waals surface area contributed by atoms with Gasteiger partial charge in [-0.25, -0.2) is 0 Å². The van der Waals surface area contributed by atoms with Gasteiger partial charge in [0.05, 0.1) is 24.6 Å². The molecule has 0 saturated carbocycles. The summed E-state index contributed by atoms with van der Waals surface area (Å²) in [6, 6.07) is 1.61. The Kier molecular flexibility index (Phi) is 37.7. The van der Waals surface area contributed by atoms with Crippen LogP contribution in [0, 0.1) is 17.8 Å². The van der Waals surface area contributed by atoms with Gasteiger partial charge in [-0.3, -0.25) is 76.7 Å². The number of carbonyl (C=O) groups excluding carboxylic acids is 15. The first kappa shape index (κ1) is 102. The number of aromatic nitrogens is 2. The van der Waals surface area contributed by atoms with Crippen molar-refractivity contribution in [1.29, 1.82) is 0 Å². The Labute approximate surface area is 757 Å². The molecule has 0 radical (unpaired) electrons. The number of benzene rings is 3. The van der Waals surface area contributed by atoms with E-state index in [0.29, 0.717) is 77.0 Å². The fourth-order valence-electron chi connectivity index (χ4n) is 17.9. The van der Waals surface area contributed by atoms with Crippen molar-refractivity contribution in [2.75, 3.05) is 53.4 Å². The number of aromatic amines is 1. The molecule has 0 unspecified atom stereocenters. The van der Waals surface area contributed by atoms with E-state index < -0.39 is 217 Å². The van der Waals surface area contributed by atoms with Gasteiger partial charge in [0.25, 0.3) is 0 Å². The molecule has 5 aromatic rings. The van der Waals surface area contributed by atoms with Crippen LogP contribution in [0.25, 0.3) is 21.8 Å². The van der Waals surface area contributed by atoms with Crippen LogP contribution in [0.1, 0.15) is 180 Å². The average molecular weight is 1810 g/mol. The summed E-state index contributed by atoms with van der Waals surface area (Å²) < 4.78 is 1.47. The van der Waals surface area contributed by atoms with Gasteiger partial charge < -0.3 is 115 Å². The van der Waals surface area contributed by atoms with Crippen LogP contribution in [0.4, 0.5) is 0 Å². The van der Waals surface area contributed by atoms with Gasteiger partial charge in [-0.05, 0) is 143 Å². The third kappa shape index (κ3) is 27.1. The standard InChI is InChI=1S/C92H133N19O19/c1-9-11-25-72-85(123)100-65(39-52(3)4)82(120)97-36-19-23-62(95)81(119)101-67(41-54-30-32-58(112)33-31-54)89(127)109-37-18-17-28-73(109)86(124)104-69(46-78(96)115)90(128)110-38-20-29-74(110)87(125)105-70(47-94)84(122)102-66(40-53(5)6)91(129)111-50-59(113)45-76(111)77(114)44-55(42-56-48-98-63-24-15-13-21-60(56)63)80(118)99-64(34-35-93)83(121)103-68(88(126)107(8)75(26-12-10-2)92(130)106(72)7)43-57-49-108(51-79(116)117)71-27-16-14-22-61(57)71/h13-16,21-22,24,27,30-33,48-49,52-53,55,59,62,64-70,72-76,98,112-113H,9-12,17-20,23,25-26,28-29,34-47,50-51,93-95H2,1-8H3,(H2,96,115)(H,97,120)(H,99,118)(H,100,123)(H,101,119)(H,102,122)(H,103,121)(H,104,124)(H,105,125)(H,116,117)/t55-,59-,62+,64+,65+,66+,67+,68+,69+,70+,72+,73+,74+,75+,76+/m1/s1. The van der Waals surface area contributed by atoms with Crippen LogP contribution >= 0.6 is 0 Å². The Balaban J connectivity index is 1.08. The van der Waals surface area contributed by atoms with Crippen LogP contribution in [-0.4, -0.2) is 282 Å². The number of likely N-dealkylation sites (N-methyl/N-ethyl adjacent to an activating group) is 2. The van der Waals surface area contributed by atoms with E-state index in [-0.39, 0.29) is 134 Å². The highest BCUT2D eigenvalue weighted by molar-refractivity contribution is 6.02. The molecule has 4 saturated heterocycles. The van der Waals surface area contributed by atoms with Crippen LogP contribution in [0.2, 0.25) is 0 Å². The first-order chi connectivity index (χ1) is 61.9. The number of phenolic OH excluding ortho intramolecular Hbond substituents is 1. The third-order valence-electron chi connectivity index (χ3n) is 24.9. The second kappa shape index (κ2) is 48.1. The number of hydrogen-bond donors (Lipinski definition) is 16. The van der Waals surface area contributed by atoms with Crippen LogP contribution in [-0.2, 0) is 103 Å². The van der Waals surface area contributed by atoms with Crippen molar-refractivity contribution in [1.82, 2.24) is 76.6 Å². The maximum atomic E-state index is 15.9. The van der Waals surface area contributed by atoms with Gasteiger partial charge in [-0.15, -0.1) is 0 Å². The molecular weight excluding hydrogens is 1680 g/mol. The minimum Gasteiger partial charge on any atom is -0.508 e. The Morgan fingerprint density at radius 2 is 1.08 bits per heavy atom. The number of carboxylic acids is 1. The summed E-state index contributed by atoms with van der Waals surface area (Å²) >= 11 is 0. The van der Waals surface area contributed by atoms with Gasteiger partial charge in [-0.1, -0.05) is 116 Å². The molecule has 0 bridgehead atoms. The van der Waals surface area contributed by atoms with E-state index in [0.717, 1.165) is 9.80 Å². The van der Waals surface area contributed by atoms with Gasteiger partial charge in [-0.2, -0.15) is 0 Å². The van der Waals surface area contributed by atoms with E-state index in [9.17, 15) is 53.7 Å². The maximum Gasteiger partial charge on any atom is 0.323 e. The Bertz CT molecular complexity index is 4840. The number of fused-ring (bicyclic) bond motifs is 5. The number of unbranched alkanes of at least 4 members (excludes halogenated alkanes) is 2. The highest BCUT2D eigenvalue weighted by Crippen LogP contribution is 2.31. The molecule has 6 heterocycles. The second-order valence-electron chi connectivity index (χ2n) is 35.8. The highest BCUT2D eigenvalue weighted by atomic mass is 16.4. The third-order valence-corrected chi connectivity index (χ3v) is 24.9. The van der Waals surface area contributed by atoms with Crippen molar-refractivity contribution in [2.45, 2.75) is 274 Å². The summed E-state index contributed by atoms with van der Waals surface area (Å²) in [4.78, 5) is 245. The molecule has 4 fully saturated rings. The topological polar surface area (TPSA) is 571 Å². The summed E-state index contributed by atoms with van der Waals surface area (Å²) in [6.45, 7) is 9.20. The predicted octanol–water partition coefficient (Wildman–Crippen LogP) is 0.790. The normalized spacial score (nSPS) is 26.0. The summed E-state index contributed by atoms with van der Waals surface area (Å²) in [7, 11) is 2.82. The molecule has 4 aliphatic rings. The molecule has 38 nitrogen and oxygen atoms in total. The largest absolute Gasteiger partial charge is 0.508 e. The Morgan fingerprint density at radius 1 is 0.523 bits per heavy atom.